The second kappa shape index (κ2) is 2.60. The van der Waals surface area contributed by atoms with Crippen molar-refractivity contribution in [3.8, 4) is 0 Å². The zero-order valence-corrected chi connectivity index (χ0v) is 7.67. The lowest BCUT2D eigenvalue weighted by atomic mass is 10.0. The third kappa shape index (κ3) is 1.05. The summed E-state index contributed by atoms with van der Waals surface area (Å²) >= 11 is 0. The minimum atomic E-state index is 0.274. The Balaban J connectivity index is 2.53. The van der Waals surface area contributed by atoms with E-state index in [1.54, 1.807) is 0 Å². The average Bonchev–Trinajstić information content (AvgIpc) is 2.28. The SMILES string of the molecule is Cc1ccc2c(c1)C(C)CC2N. The van der Waals surface area contributed by atoms with Crippen molar-refractivity contribution in [1.82, 2.24) is 0 Å². The van der Waals surface area contributed by atoms with Gasteiger partial charge in [0.1, 0.15) is 0 Å². The van der Waals surface area contributed by atoms with Crippen LogP contribution in [0.3, 0.4) is 0 Å². The van der Waals surface area contributed by atoms with Gasteiger partial charge in [-0.3, -0.25) is 0 Å². The summed E-state index contributed by atoms with van der Waals surface area (Å²) in [7, 11) is 0. The Morgan fingerprint density at radius 3 is 2.83 bits per heavy atom. The maximum atomic E-state index is 5.99. The molecule has 0 amide bonds. The van der Waals surface area contributed by atoms with Crippen molar-refractivity contribution in [3.05, 3.63) is 34.9 Å². The van der Waals surface area contributed by atoms with Crippen LogP contribution in [0.1, 0.15) is 42.0 Å². The highest BCUT2D eigenvalue weighted by molar-refractivity contribution is 5.39. The molecule has 1 heteroatoms. The fourth-order valence-corrected chi connectivity index (χ4v) is 2.09. The van der Waals surface area contributed by atoms with Crippen LogP contribution in [0.25, 0.3) is 0 Å². The molecule has 64 valence electrons. The Labute approximate surface area is 73.6 Å². The first kappa shape index (κ1) is 7.81. The first-order valence-corrected chi connectivity index (χ1v) is 4.54. The molecular weight excluding hydrogens is 146 g/mol. The molecule has 12 heavy (non-hydrogen) atoms. The largest absolute Gasteiger partial charge is 0.324 e. The van der Waals surface area contributed by atoms with E-state index in [-0.39, 0.29) is 6.04 Å². The minimum absolute atomic E-state index is 0.274. The molecule has 0 fully saturated rings. The Morgan fingerprint density at radius 2 is 2.08 bits per heavy atom. The van der Waals surface area contributed by atoms with Crippen LogP contribution in [0.2, 0.25) is 0 Å². The molecule has 0 aromatic heterocycles. The summed E-state index contributed by atoms with van der Waals surface area (Å²) in [5.74, 6) is 0.648. The van der Waals surface area contributed by atoms with Gasteiger partial charge in [0.25, 0.3) is 0 Å². The fourth-order valence-electron chi connectivity index (χ4n) is 2.09. The third-order valence-electron chi connectivity index (χ3n) is 2.78. The summed E-state index contributed by atoms with van der Waals surface area (Å²) in [6.07, 6.45) is 1.11. The van der Waals surface area contributed by atoms with Gasteiger partial charge in [0.05, 0.1) is 0 Å². The quantitative estimate of drug-likeness (QED) is 0.621. The summed E-state index contributed by atoms with van der Waals surface area (Å²) in [6, 6.07) is 6.87. The van der Waals surface area contributed by atoms with E-state index >= 15 is 0 Å². The van der Waals surface area contributed by atoms with Gasteiger partial charge < -0.3 is 5.73 Å². The number of nitrogens with two attached hydrogens (primary N) is 1. The van der Waals surface area contributed by atoms with E-state index in [4.69, 9.17) is 5.73 Å². The monoisotopic (exact) mass is 161 g/mol. The molecule has 0 radical (unpaired) electrons. The molecule has 2 rings (SSSR count). The molecule has 2 N–H and O–H groups in total. The number of hydrogen-bond donors (Lipinski definition) is 1. The highest BCUT2D eigenvalue weighted by Gasteiger charge is 2.24. The molecule has 1 aromatic carbocycles. The molecule has 0 heterocycles. The molecule has 1 aliphatic rings. The molecule has 2 atom stereocenters. The smallest absolute Gasteiger partial charge is 0.0303 e. The first-order valence-electron chi connectivity index (χ1n) is 4.54. The summed E-state index contributed by atoms with van der Waals surface area (Å²) in [6.45, 7) is 4.39. The van der Waals surface area contributed by atoms with Crippen LogP contribution in [-0.4, -0.2) is 0 Å². The summed E-state index contributed by atoms with van der Waals surface area (Å²) in [4.78, 5) is 0. The lowest BCUT2D eigenvalue weighted by Gasteiger charge is -2.05. The fraction of sp³-hybridized carbons (Fsp3) is 0.455. The molecule has 1 nitrogen and oxygen atoms in total. The zero-order valence-electron chi connectivity index (χ0n) is 7.67. The third-order valence-corrected chi connectivity index (χ3v) is 2.78. The lowest BCUT2D eigenvalue weighted by Crippen LogP contribution is -2.05. The van der Waals surface area contributed by atoms with Crippen LogP contribution in [0.5, 0.6) is 0 Å². The van der Waals surface area contributed by atoms with Gasteiger partial charge in [-0.15, -0.1) is 0 Å². The van der Waals surface area contributed by atoms with Gasteiger partial charge in [0.2, 0.25) is 0 Å². The van der Waals surface area contributed by atoms with Gasteiger partial charge in [0.15, 0.2) is 0 Å². The average molecular weight is 161 g/mol. The molecule has 1 aliphatic carbocycles. The number of aryl methyl sites for hydroxylation is 1. The molecule has 0 aliphatic heterocycles. The molecule has 1 aromatic rings. The van der Waals surface area contributed by atoms with Crippen LogP contribution in [0, 0.1) is 6.92 Å². The van der Waals surface area contributed by atoms with E-state index in [9.17, 15) is 0 Å². The van der Waals surface area contributed by atoms with E-state index in [0.29, 0.717) is 5.92 Å². The number of hydrogen-bond acceptors (Lipinski definition) is 1. The Bertz CT molecular complexity index is 304. The maximum absolute atomic E-state index is 5.99. The van der Waals surface area contributed by atoms with E-state index in [1.165, 1.54) is 16.7 Å². The summed E-state index contributed by atoms with van der Waals surface area (Å²) in [5, 5.41) is 0. The van der Waals surface area contributed by atoms with Gasteiger partial charge in [-0.2, -0.15) is 0 Å². The number of rotatable bonds is 0. The van der Waals surface area contributed by atoms with Crippen molar-refractivity contribution in [3.63, 3.8) is 0 Å². The predicted molar refractivity (Wildman–Crippen MR) is 51.1 cm³/mol. The van der Waals surface area contributed by atoms with E-state index in [1.807, 2.05) is 0 Å². The first-order chi connectivity index (χ1) is 5.68. The molecule has 0 spiro atoms. The predicted octanol–water partition coefficient (Wildman–Crippen LogP) is 2.50. The second-order valence-electron chi connectivity index (χ2n) is 3.88. The van der Waals surface area contributed by atoms with Gasteiger partial charge in [0, 0.05) is 6.04 Å². The maximum Gasteiger partial charge on any atom is 0.0303 e. The van der Waals surface area contributed by atoms with Gasteiger partial charge >= 0.3 is 0 Å². The summed E-state index contributed by atoms with van der Waals surface area (Å²) in [5.41, 5.74) is 10.1. The van der Waals surface area contributed by atoms with Crippen molar-refractivity contribution < 1.29 is 0 Å². The highest BCUT2D eigenvalue weighted by Crippen LogP contribution is 2.38. The Morgan fingerprint density at radius 1 is 1.33 bits per heavy atom. The normalized spacial score (nSPS) is 27.2. The van der Waals surface area contributed by atoms with Crippen LogP contribution in [-0.2, 0) is 0 Å². The van der Waals surface area contributed by atoms with Crippen molar-refractivity contribution >= 4 is 0 Å². The van der Waals surface area contributed by atoms with Crippen molar-refractivity contribution in [2.45, 2.75) is 32.2 Å². The standard InChI is InChI=1S/C11H15N/c1-7-3-4-9-10(5-7)8(2)6-11(9)12/h3-5,8,11H,6,12H2,1-2H3. The minimum Gasteiger partial charge on any atom is -0.324 e. The molecular formula is C11H15N. The van der Waals surface area contributed by atoms with Crippen LogP contribution in [0.15, 0.2) is 18.2 Å². The lowest BCUT2D eigenvalue weighted by molar-refractivity contribution is 0.640. The van der Waals surface area contributed by atoms with E-state index < -0.39 is 0 Å². The Hall–Kier alpha value is -0.820. The van der Waals surface area contributed by atoms with Crippen molar-refractivity contribution in [1.29, 1.82) is 0 Å². The van der Waals surface area contributed by atoms with Gasteiger partial charge in [-0.05, 0) is 30.4 Å². The van der Waals surface area contributed by atoms with E-state index in [2.05, 4.69) is 32.0 Å². The second-order valence-corrected chi connectivity index (χ2v) is 3.88. The van der Waals surface area contributed by atoms with Crippen molar-refractivity contribution in [2.24, 2.45) is 5.73 Å². The van der Waals surface area contributed by atoms with Crippen LogP contribution >= 0.6 is 0 Å². The molecule has 0 saturated heterocycles. The molecule has 0 saturated carbocycles. The zero-order chi connectivity index (χ0) is 8.72. The number of benzene rings is 1. The molecule has 2 unspecified atom stereocenters. The number of fused-ring (bicyclic) bond motifs is 1. The van der Waals surface area contributed by atoms with Gasteiger partial charge in [-0.1, -0.05) is 30.7 Å². The Kier molecular flexibility index (Phi) is 1.69. The molecule has 0 bridgehead atoms. The summed E-state index contributed by atoms with van der Waals surface area (Å²) < 4.78 is 0. The highest BCUT2D eigenvalue weighted by atomic mass is 14.7. The van der Waals surface area contributed by atoms with Gasteiger partial charge in [-0.25, -0.2) is 0 Å². The topological polar surface area (TPSA) is 26.0 Å². The van der Waals surface area contributed by atoms with Crippen LogP contribution in [0.4, 0.5) is 0 Å². The van der Waals surface area contributed by atoms with E-state index in [0.717, 1.165) is 6.42 Å². The van der Waals surface area contributed by atoms with Crippen molar-refractivity contribution in [2.75, 3.05) is 0 Å². The van der Waals surface area contributed by atoms with Crippen LogP contribution < -0.4 is 5.73 Å².